The van der Waals surface area contributed by atoms with Crippen LogP contribution in [0.5, 0.6) is 0 Å². The largest absolute Gasteiger partial charge is 3.00 e. The van der Waals surface area contributed by atoms with Crippen LogP contribution in [-0.4, -0.2) is 6.54 Å². The van der Waals surface area contributed by atoms with E-state index in [0.29, 0.717) is 6.54 Å². The molecule has 0 radical (unpaired) electrons. The predicted molar refractivity (Wildman–Crippen MR) is 14.4 cm³/mol. The molecule has 0 aromatic carbocycles. The molecule has 0 aliphatic heterocycles. The molecule has 0 saturated heterocycles. The van der Waals surface area contributed by atoms with Gasteiger partial charge in [0, 0.05) is 0 Å². The van der Waals surface area contributed by atoms with E-state index in [4.69, 9.17) is 5.73 Å². The van der Waals surface area contributed by atoms with E-state index in [1.807, 2.05) is 0 Å². The first kappa shape index (κ1) is 8.91. The summed E-state index contributed by atoms with van der Waals surface area (Å²) in [6.45, 7) is 3.76. The van der Waals surface area contributed by atoms with Crippen molar-refractivity contribution in [2.45, 2.75) is 0 Å². The molecule has 0 spiro atoms. The van der Waals surface area contributed by atoms with Crippen molar-refractivity contribution in [1.82, 2.24) is 0 Å². The second-order valence-corrected chi connectivity index (χ2v) is 0.289. The third kappa shape index (κ3) is 11.5. The van der Waals surface area contributed by atoms with E-state index in [1.165, 1.54) is 0 Å². The van der Waals surface area contributed by atoms with Crippen molar-refractivity contribution in [3.63, 3.8) is 0 Å². The van der Waals surface area contributed by atoms with Crippen molar-refractivity contribution in [2.24, 2.45) is 5.73 Å². The van der Waals surface area contributed by atoms with Gasteiger partial charge in [-0.25, -0.2) is 0 Å². The molecule has 4 heavy (non-hydrogen) atoms. The SMILES string of the molecule is [CH2-]CN.[Y+3]. The van der Waals surface area contributed by atoms with Gasteiger partial charge < -0.3 is 12.7 Å². The molecule has 0 rings (SSSR count). The molecule has 0 aliphatic rings. The van der Waals surface area contributed by atoms with E-state index >= 15 is 0 Å². The van der Waals surface area contributed by atoms with Gasteiger partial charge in [0.15, 0.2) is 0 Å². The van der Waals surface area contributed by atoms with Gasteiger partial charge in [-0.1, -0.05) is 0 Å². The average Bonchev–Trinajstić information content (AvgIpc) is 0.918. The molecular formula is C2H6NY+2. The topological polar surface area (TPSA) is 26.0 Å². The van der Waals surface area contributed by atoms with Gasteiger partial charge in [-0.05, 0) is 0 Å². The Kier molecular flexibility index (Phi) is 19.9. The molecular weight excluding hydrogens is 127 g/mol. The third-order valence-corrected chi connectivity index (χ3v) is 0. The molecule has 0 bridgehead atoms. The minimum atomic E-state index is 0. The summed E-state index contributed by atoms with van der Waals surface area (Å²) >= 11 is 0. The zero-order valence-electron chi connectivity index (χ0n) is 2.57. The molecule has 0 amide bonds. The van der Waals surface area contributed by atoms with Crippen molar-refractivity contribution in [3.05, 3.63) is 6.92 Å². The van der Waals surface area contributed by atoms with Crippen LogP contribution in [0.15, 0.2) is 0 Å². The minimum absolute atomic E-state index is 0. The quantitative estimate of drug-likeness (QED) is 0.454. The van der Waals surface area contributed by atoms with E-state index in [1.54, 1.807) is 0 Å². The summed E-state index contributed by atoms with van der Waals surface area (Å²) in [5.41, 5.74) is 4.74. The van der Waals surface area contributed by atoms with Gasteiger partial charge in [0.2, 0.25) is 0 Å². The molecule has 2 N–H and O–H groups in total. The Balaban J connectivity index is 0. The summed E-state index contributed by atoms with van der Waals surface area (Å²) in [7, 11) is 0. The fraction of sp³-hybridized carbons (Fsp3) is 0.500. The predicted octanol–water partition coefficient (Wildman–Crippen LogP) is -0.223. The van der Waals surface area contributed by atoms with E-state index in [-0.39, 0.29) is 32.7 Å². The van der Waals surface area contributed by atoms with E-state index < -0.39 is 0 Å². The maximum Gasteiger partial charge on any atom is 3.00 e. The van der Waals surface area contributed by atoms with Crippen LogP contribution in [0, 0.1) is 6.92 Å². The minimum Gasteiger partial charge on any atom is -0.360 e. The third-order valence-electron chi connectivity index (χ3n) is 0. The summed E-state index contributed by atoms with van der Waals surface area (Å²) in [4.78, 5) is 0. The molecule has 0 aromatic rings. The second-order valence-electron chi connectivity index (χ2n) is 0.289. The van der Waals surface area contributed by atoms with Gasteiger partial charge in [-0.15, -0.1) is 6.54 Å². The first-order chi connectivity index (χ1) is 1.41. The summed E-state index contributed by atoms with van der Waals surface area (Å²) in [5, 5.41) is 0. The van der Waals surface area contributed by atoms with E-state index in [2.05, 4.69) is 6.92 Å². The Morgan fingerprint density at radius 2 is 1.75 bits per heavy atom. The van der Waals surface area contributed by atoms with Gasteiger partial charge in [0.1, 0.15) is 0 Å². The molecule has 20 valence electrons. The Morgan fingerprint density at radius 1 is 1.75 bits per heavy atom. The Morgan fingerprint density at radius 3 is 1.75 bits per heavy atom. The van der Waals surface area contributed by atoms with Crippen LogP contribution in [0.1, 0.15) is 0 Å². The van der Waals surface area contributed by atoms with Crippen molar-refractivity contribution < 1.29 is 32.7 Å². The molecule has 2 heteroatoms. The van der Waals surface area contributed by atoms with E-state index in [9.17, 15) is 0 Å². The van der Waals surface area contributed by atoms with Gasteiger partial charge >= 0.3 is 32.7 Å². The van der Waals surface area contributed by atoms with Crippen molar-refractivity contribution in [1.29, 1.82) is 0 Å². The number of rotatable bonds is 0. The molecule has 0 heterocycles. The molecule has 0 atom stereocenters. The van der Waals surface area contributed by atoms with Gasteiger partial charge in [0.05, 0.1) is 0 Å². The molecule has 0 unspecified atom stereocenters. The molecule has 0 aromatic heterocycles. The first-order valence-corrected chi connectivity index (χ1v) is 0.908. The fourth-order valence-corrected chi connectivity index (χ4v) is 0. The molecule has 1 nitrogen and oxygen atoms in total. The van der Waals surface area contributed by atoms with Crippen molar-refractivity contribution in [3.8, 4) is 0 Å². The van der Waals surface area contributed by atoms with Crippen LogP contribution in [0.4, 0.5) is 0 Å². The first-order valence-electron chi connectivity index (χ1n) is 0.908. The number of hydrogen-bond acceptors (Lipinski definition) is 1. The summed E-state index contributed by atoms with van der Waals surface area (Å²) in [5.74, 6) is 0. The van der Waals surface area contributed by atoms with Crippen LogP contribution in [0.3, 0.4) is 0 Å². The number of nitrogens with two attached hydrogens (primary N) is 1. The molecule has 0 saturated carbocycles. The Hall–Kier alpha value is 1.06. The molecule has 0 aliphatic carbocycles. The van der Waals surface area contributed by atoms with Crippen LogP contribution in [0.25, 0.3) is 0 Å². The second kappa shape index (κ2) is 8.96. The summed E-state index contributed by atoms with van der Waals surface area (Å²) in [6.07, 6.45) is 0. The maximum atomic E-state index is 4.74. The van der Waals surface area contributed by atoms with Crippen molar-refractivity contribution in [2.75, 3.05) is 6.54 Å². The smallest absolute Gasteiger partial charge is 0.360 e. The molecule has 0 fully saturated rings. The van der Waals surface area contributed by atoms with Crippen LogP contribution >= 0.6 is 0 Å². The Labute approximate surface area is 51.8 Å². The van der Waals surface area contributed by atoms with Gasteiger partial charge in [-0.2, -0.15) is 0 Å². The van der Waals surface area contributed by atoms with Gasteiger partial charge in [-0.3, -0.25) is 0 Å². The Bertz CT molecular complexity index is 6.00. The summed E-state index contributed by atoms with van der Waals surface area (Å²) in [6, 6.07) is 0. The number of hydrogen-bond donors (Lipinski definition) is 1. The maximum absolute atomic E-state index is 4.74. The zero-order valence-corrected chi connectivity index (χ0v) is 5.41. The van der Waals surface area contributed by atoms with E-state index in [0.717, 1.165) is 0 Å². The van der Waals surface area contributed by atoms with Crippen LogP contribution < -0.4 is 5.73 Å². The summed E-state index contributed by atoms with van der Waals surface area (Å²) < 4.78 is 0. The van der Waals surface area contributed by atoms with Crippen LogP contribution in [-0.2, 0) is 32.7 Å². The monoisotopic (exact) mass is 133 g/mol. The fourth-order valence-electron chi connectivity index (χ4n) is 0. The van der Waals surface area contributed by atoms with Crippen molar-refractivity contribution >= 4 is 0 Å². The average molecular weight is 133 g/mol. The standard InChI is InChI=1S/C2H6N.Y/c1-2-3;/h1-3H2;/q-1;+3. The van der Waals surface area contributed by atoms with Crippen LogP contribution in [0.2, 0.25) is 0 Å². The zero-order chi connectivity index (χ0) is 2.71. The normalized spacial score (nSPS) is 4.50. The van der Waals surface area contributed by atoms with Gasteiger partial charge in [0.25, 0.3) is 0 Å².